The SMILES string of the molecule is CN([C@H](C=O)CCCN=C(N)N)[C@H](Cc1ccccc1)C(=O)N1CCC[C@H]1C(N)=O.O=S(=O)(O)O. The van der Waals surface area contributed by atoms with Crippen LogP contribution < -0.4 is 17.2 Å². The Morgan fingerprint density at radius 2 is 1.83 bits per heavy atom. The summed E-state index contributed by atoms with van der Waals surface area (Å²) in [4.78, 5) is 44.4. The van der Waals surface area contributed by atoms with E-state index < -0.39 is 34.4 Å². The normalized spacial score (nSPS) is 17.1. The molecule has 0 unspecified atom stereocenters. The maximum Gasteiger partial charge on any atom is 0.394 e. The first-order valence-corrected chi connectivity index (χ1v) is 12.3. The summed E-state index contributed by atoms with van der Waals surface area (Å²) in [7, 11) is -2.90. The van der Waals surface area contributed by atoms with Gasteiger partial charge in [0.25, 0.3) is 0 Å². The second kappa shape index (κ2) is 14.4. The third-order valence-electron chi connectivity index (χ3n) is 5.55. The minimum atomic E-state index is -4.67. The summed E-state index contributed by atoms with van der Waals surface area (Å²) in [5.41, 5.74) is 17.2. The molecule has 0 aliphatic carbocycles. The standard InChI is InChI=1S/C21H32N6O3.H2O4S/c1-26(16(14-28)9-5-11-25-21(23)24)18(13-15-7-3-2-4-8-15)20(30)27-12-6-10-17(27)19(22)29;1-5(2,3)4/h2-4,7-8,14,16-18H,5-6,9-13H2,1H3,(H2,22,29)(H4,23,24,25);(H2,1,2,3,4)/t16-,17-,18+;/m0./s1. The van der Waals surface area contributed by atoms with Crippen molar-refractivity contribution in [1.82, 2.24) is 9.80 Å². The smallest absolute Gasteiger partial charge is 0.370 e. The number of nitrogens with two attached hydrogens (primary N) is 3. The first-order chi connectivity index (χ1) is 16.3. The fourth-order valence-corrected chi connectivity index (χ4v) is 3.87. The van der Waals surface area contributed by atoms with Crippen LogP contribution in [0.3, 0.4) is 0 Å². The number of benzene rings is 1. The number of guanidine groups is 1. The molecule has 8 N–H and O–H groups in total. The number of aldehydes is 1. The van der Waals surface area contributed by atoms with Gasteiger partial charge in [0.1, 0.15) is 12.3 Å². The molecule has 0 saturated carbocycles. The molecule has 1 heterocycles. The molecule has 196 valence electrons. The van der Waals surface area contributed by atoms with Crippen LogP contribution in [0.1, 0.15) is 31.2 Å². The number of likely N-dealkylation sites (N-methyl/N-ethyl adjacent to an activating group) is 1. The lowest BCUT2D eigenvalue weighted by molar-refractivity contribution is -0.142. The zero-order chi connectivity index (χ0) is 26.6. The number of hydrogen-bond acceptors (Lipinski definition) is 7. The van der Waals surface area contributed by atoms with Crippen LogP contribution in [0.5, 0.6) is 0 Å². The lowest BCUT2D eigenvalue weighted by Gasteiger charge is -2.35. The third-order valence-corrected chi connectivity index (χ3v) is 5.55. The van der Waals surface area contributed by atoms with Crippen molar-refractivity contribution < 1.29 is 31.9 Å². The van der Waals surface area contributed by atoms with E-state index in [0.717, 1.165) is 18.3 Å². The van der Waals surface area contributed by atoms with E-state index in [1.807, 2.05) is 30.3 Å². The average molecular weight is 515 g/mol. The molecule has 0 bridgehead atoms. The van der Waals surface area contributed by atoms with Gasteiger partial charge >= 0.3 is 10.4 Å². The number of amides is 2. The van der Waals surface area contributed by atoms with Gasteiger partial charge in [0.2, 0.25) is 11.8 Å². The molecule has 1 fully saturated rings. The molecule has 1 aliphatic heterocycles. The Balaban J connectivity index is 0.00000111. The van der Waals surface area contributed by atoms with E-state index in [1.165, 1.54) is 0 Å². The molecule has 13 nitrogen and oxygen atoms in total. The van der Waals surface area contributed by atoms with Crippen LogP contribution in [0, 0.1) is 0 Å². The summed E-state index contributed by atoms with van der Waals surface area (Å²) >= 11 is 0. The fraction of sp³-hybridized carbons (Fsp3) is 0.524. The maximum absolute atomic E-state index is 13.5. The van der Waals surface area contributed by atoms with E-state index in [0.29, 0.717) is 38.8 Å². The Kier molecular flexibility index (Phi) is 12.3. The van der Waals surface area contributed by atoms with Gasteiger partial charge in [-0.2, -0.15) is 8.42 Å². The zero-order valence-electron chi connectivity index (χ0n) is 19.6. The van der Waals surface area contributed by atoms with Crippen molar-refractivity contribution in [3.05, 3.63) is 35.9 Å². The summed E-state index contributed by atoms with van der Waals surface area (Å²) in [6, 6.07) is 7.94. The number of primary amides is 1. The predicted octanol–water partition coefficient (Wildman–Crippen LogP) is -1.03. The molecular weight excluding hydrogens is 480 g/mol. The van der Waals surface area contributed by atoms with E-state index in [4.69, 9.17) is 34.7 Å². The number of carbonyl (C=O) groups is 3. The molecule has 35 heavy (non-hydrogen) atoms. The van der Waals surface area contributed by atoms with Gasteiger partial charge in [0.15, 0.2) is 5.96 Å². The quantitative estimate of drug-likeness (QED) is 0.0794. The van der Waals surface area contributed by atoms with Crippen molar-refractivity contribution in [2.24, 2.45) is 22.2 Å². The molecule has 14 heteroatoms. The van der Waals surface area contributed by atoms with Gasteiger partial charge in [-0.25, -0.2) is 0 Å². The Hall–Kier alpha value is -3.07. The van der Waals surface area contributed by atoms with Crippen LogP contribution in [0.2, 0.25) is 0 Å². The zero-order valence-corrected chi connectivity index (χ0v) is 20.4. The minimum absolute atomic E-state index is 0.00895. The van der Waals surface area contributed by atoms with Crippen molar-refractivity contribution >= 4 is 34.5 Å². The summed E-state index contributed by atoms with van der Waals surface area (Å²) in [6.45, 7) is 0.898. The van der Waals surface area contributed by atoms with Gasteiger partial charge < -0.3 is 26.9 Å². The topological polar surface area (TPSA) is 223 Å². The van der Waals surface area contributed by atoms with Gasteiger partial charge in [-0.15, -0.1) is 0 Å². The van der Waals surface area contributed by atoms with Gasteiger partial charge in [-0.1, -0.05) is 30.3 Å². The Morgan fingerprint density at radius 1 is 1.23 bits per heavy atom. The van der Waals surface area contributed by atoms with Gasteiger partial charge in [0, 0.05) is 13.1 Å². The summed E-state index contributed by atoms with van der Waals surface area (Å²) in [6.07, 6.45) is 3.68. The maximum atomic E-state index is 13.5. The molecule has 2 rings (SSSR count). The van der Waals surface area contributed by atoms with Crippen molar-refractivity contribution in [3.8, 4) is 0 Å². The number of hydrogen-bond donors (Lipinski definition) is 5. The molecule has 3 atom stereocenters. The number of nitrogens with zero attached hydrogens (tertiary/aromatic N) is 3. The number of carbonyl (C=O) groups excluding carboxylic acids is 3. The second-order valence-corrected chi connectivity index (χ2v) is 8.96. The number of likely N-dealkylation sites (tertiary alicyclic amines) is 1. The molecule has 2 amide bonds. The van der Waals surface area contributed by atoms with E-state index in [-0.39, 0.29) is 11.9 Å². The number of aliphatic imine (C=N–C) groups is 1. The van der Waals surface area contributed by atoms with Gasteiger partial charge in [-0.3, -0.25) is 28.6 Å². The van der Waals surface area contributed by atoms with Crippen molar-refractivity contribution in [2.75, 3.05) is 20.1 Å². The fourth-order valence-electron chi connectivity index (χ4n) is 3.87. The lowest BCUT2D eigenvalue weighted by atomic mass is 10.0. The van der Waals surface area contributed by atoms with Crippen LogP contribution in [0.4, 0.5) is 0 Å². The van der Waals surface area contributed by atoms with Gasteiger partial charge in [-0.05, 0) is 44.7 Å². The minimum Gasteiger partial charge on any atom is -0.370 e. The highest BCUT2D eigenvalue weighted by Gasteiger charge is 2.38. The highest BCUT2D eigenvalue weighted by molar-refractivity contribution is 7.79. The third kappa shape index (κ3) is 11.3. The second-order valence-electron chi connectivity index (χ2n) is 8.06. The predicted molar refractivity (Wildman–Crippen MR) is 130 cm³/mol. The molecule has 0 aromatic heterocycles. The largest absolute Gasteiger partial charge is 0.394 e. The van der Waals surface area contributed by atoms with Crippen LogP contribution in [-0.4, -0.2) is 89.6 Å². The molecule has 0 radical (unpaired) electrons. The Morgan fingerprint density at radius 3 is 2.34 bits per heavy atom. The van der Waals surface area contributed by atoms with Crippen LogP contribution in [0.15, 0.2) is 35.3 Å². The Bertz CT molecular complexity index is 962. The van der Waals surface area contributed by atoms with Gasteiger partial charge in [0.05, 0.1) is 12.1 Å². The van der Waals surface area contributed by atoms with Crippen LogP contribution >= 0.6 is 0 Å². The molecule has 1 aromatic rings. The van der Waals surface area contributed by atoms with E-state index in [2.05, 4.69) is 4.99 Å². The van der Waals surface area contributed by atoms with E-state index in [9.17, 15) is 14.4 Å². The van der Waals surface area contributed by atoms with Crippen LogP contribution in [0.25, 0.3) is 0 Å². The lowest BCUT2D eigenvalue weighted by Crippen LogP contribution is -2.55. The number of rotatable bonds is 11. The molecule has 0 spiro atoms. The Labute approximate surface area is 204 Å². The average Bonchev–Trinajstić information content (AvgIpc) is 3.26. The van der Waals surface area contributed by atoms with Crippen molar-refractivity contribution in [2.45, 2.75) is 50.2 Å². The summed E-state index contributed by atoms with van der Waals surface area (Å²) < 4.78 is 31.6. The first kappa shape index (κ1) is 30.0. The molecule has 1 aliphatic rings. The summed E-state index contributed by atoms with van der Waals surface area (Å²) in [5, 5.41) is 0. The highest BCUT2D eigenvalue weighted by Crippen LogP contribution is 2.22. The first-order valence-electron chi connectivity index (χ1n) is 10.9. The monoisotopic (exact) mass is 514 g/mol. The summed E-state index contributed by atoms with van der Waals surface area (Å²) in [5.74, 6) is -0.667. The molecule has 1 aromatic carbocycles. The van der Waals surface area contributed by atoms with Crippen molar-refractivity contribution in [1.29, 1.82) is 0 Å². The van der Waals surface area contributed by atoms with E-state index in [1.54, 1.807) is 16.8 Å². The van der Waals surface area contributed by atoms with Crippen LogP contribution in [-0.2, 0) is 31.2 Å². The highest BCUT2D eigenvalue weighted by atomic mass is 32.3. The molecule has 1 saturated heterocycles. The molecular formula is C21H34N6O7S. The van der Waals surface area contributed by atoms with E-state index >= 15 is 0 Å². The van der Waals surface area contributed by atoms with Crippen molar-refractivity contribution in [3.63, 3.8) is 0 Å².